The van der Waals surface area contributed by atoms with E-state index >= 15 is 0 Å². The molecule has 0 saturated heterocycles. The number of hydrogen-bond donors (Lipinski definition) is 1. The van der Waals surface area contributed by atoms with E-state index < -0.39 is 5.09 Å². The van der Waals surface area contributed by atoms with Crippen LogP contribution in [0.5, 0.6) is 0 Å². The van der Waals surface area contributed by atoms with Crippen LogP contribution in [0.3, 0.4) is 0 Å². The minimum Gasteiger partial charge on any atom is -0.412 e. The normalized spacial score (nSPS) is 2.18. The number of nitrogens with zero attached hydrogens (tertiary/aromatic N) is 1. The fraction of sp³-hybridized carbons (Fsp3) is 0. The summed E-state index contributed by atoms with van der Waals surface area (Å²) < 4.78 is 0. The Bertz CT molecular complexity index is 32.5. The first kappa shape index (κ1) is 146. The van der Waals surface area contributed by atoms with Gasteiger partial charge in [0.05, 0.1) is 0 Å². The van der Waals surface area contributed by atoms with Crippen LogP contribution in [0.15, 0.2) is 0 Å². The molecule has 11 heteroatoms. The smallest absolute Gasteiger partial charge is 0.291 e. The van der Waals surface area contributed by atoms with Crippen molar-refractivity contribution in [2.75, 3.05) is 0 Å². The maximum atomic E-state index is 8.36. The van der Waals surface area contributed by atoms with Gasteiger partial charge in [-0.15, -0.1) is 10.1 Å². The molecule has 0 fully saturated rings. The van der Waals surface area contributed by atoms with Crippen LogP contribution in [-0.2, 0) is 19.5 Å². The Balaban J connectivity index is -0.00000000214. The molecule has 0 unspecified atom stereocenters. The summed E-state index contributed by atoms with van der Waals surface area (Å²) >= 11 is 0. The summed E-state index contributed by atoms with van der Waals surface area (Å²) in [4.78, 5) is 8.36. The van der Waals surface area contributed by atoms with E-state index in [-0.39, 0.29) is 52.3 Å². The first-order chi connectivity index (χ1) is 1.73. The van der Waals surface area contributed by atoms with Gasteiger partial charge < -0.3 is 38.1 Å². The molecule has 1 radical (unpaired) electrons. The molecule has 10 nitrogen and oxygen atoms in total. The molecule has 0 amide bonds. The van der Waals surface area contributed by atoms with Crippen molar-refractivity contribution < 1.29 is 62.6 Å². The predicted octanol–water partition coefficient (Wildman–Crippen LogP) is -5.30. The number of rotatable bonds is 0. The van der Waals surface area contributed by atoms with E-state index in [2.05, 4.69) is 0 Å². The summed E-state index contributed by atoms with van der Waals surface area (Å²) in [7, 11) is 0. The first-order valence-electron chi connectivity index (χ1n) is 0.565. The molecular formula is H13NO9Rh. The first-order valence-corrected chi connectivity index (χ1v) is 0.565. The van der Waals surface area contributed by atoms with Gasteiger partial charge in [-0.05, 0) is 0 Å². The van der Waals surface area contributed by atoms with E-state index in [1.54, 1.807) is 0 Å². The monoisotopic (exact) mass is 274 g/mol. The molecule has 0 aromatic carbocycles. The van der Waals surface area contributed by atoms with Gasteiger partial charge in [0, 0.05) is 19.5 Å². The van der Waals surface area contributed by atoms with Crippen molar-refractivity contribution in [2.45, 2.75) is 0 Å². The third-order valence-corrected chi connectivity index (χ3v) is 0. The molecule has 0 aromatic heterocycles. The standard InChI is InChI=1S/HNO3.6H2O.Rh/c2-1(3)4;;;;;;;/h(H,2,3,4);6*1H2;. The summed E-state index contributed by atoms with van der Waals surface area (Å²) in [6, 6.07) is 0. The average molecular weight is 274 g/mol. The SMILES string of the molecule is O.O.O.O.O.O.O=[N+]([O-])O.[Rh]. The zero-order valence-electron chi connectivity index (χ0n) is 5.04. The molecule has 0 atom stereocenters. The number of hydrogen-bond acceptors (Lipinski definition) is 2. The van der Waals surface area contributed by atoms with Gasteiger partial charge in [-0.25, -0.2) is 0 Å². The maximum absolute atomic E-state index is 8.36. The Hall–Kier alpha value is -0.417. The molecule has 0 rings (SSSR count). The van der Waals surface area contributed by atoms with Crippen LogP contribution in [0, 0.1) is 10.1 Å². The average Bonchev–Trinajstić information content (AvgIpc) is 0.811. The van der Waals surface area contributed by atoms with E-state index in [1.807, 2.05) is 0 Å². The van der Waals surface area contributed by atoms with Crippen molar-refractivity contribution in [3.05, 3.63) is 10.1 Å². The largest absolute Gasteiger partial charge is 0.412 e. The van der Waals surface area contributed by atoms with Gasteiger partial charge in [-0.2, -0.15) is 0 Å². The van der Waals surface area contributed by atoms with Crippen LogP contribution in [0.4, 0.5) is 0 Å². The van der Waals surface area contributed by atoms with Crippen molar-refractivity contribution in [1.29, 1.82) is 0 Å². The quantitative estimate of drug-likeness (QED) is 0.258. The second kappa shape index (κ2) is 106. The van der Waals surface area contributed by atoms with Gasteiger partial charge in [0.1, 0.15) is 0 Å². The molecule has 0 aliphatic carbocycles. The summed E-state index contributed by atoms with van der Waals surface area (Å²) in [5.41, 5.74) is 0. The second-order valence-corrected chi connectivity index (χ2v) is 0.238. The molecule has 0 aromatic rings. The van der Waals surface area contributed by atoms with Crippen LogP contribution < -0.4 is 0 Å². The minimum atomic E-state index is -1.50. The fourth-order valence-corrected chi connectivity index (χ4v) is 0. The Labute approximate surface area is 73.5 Å². The molecule has 0 spiro atoms. The Morgan fingerprint density at radius 1 is 0.909 bits per heavy atom. The molecule has 11 heavy (non-hydrogen) atoms. The van der Waals surface area contributed by atoms with Crippen molar-refractivity contribution in [2.24, 2.45) is 0 Å². The van der Waals surface area contributed by atoms with Crippen molar-refractivity contribution in [1.82, 2.24) is 0 Å². The van der Waals surface area contributed by atoms with E-state index in [4.69, 9.17) is 15.3 Å². The summed E-state index contributed by atoms with van der Waals surface area (Å²) in [5.74, 6) is 0. The third kappa shape index (κ3) is 3180. The van der Waals surface area contributed by atoms with Gasteiger partial charge in [0.2, 0.25) is 0 Å². The molecular weight excluding hydrogens is 261 g/mol. The van der Waals surface area contributed by atoms with Gasteiger partial charge in [-0.3, -0.25) is 0 Å². The van der Waals surface area contributed by atoms with Crippen LogP contribution >= 0.6 is 0 Å². The van der Waals surface area contributed by atoms with Crippen molar-refractivity contribution in [3.8, 4) is 0 Å². The van der Waals surface area contributed by atoms with Crippen molar-refractivity contribution >= 4 is 0 Å². The van der Waals surface area contributed by atoms with Crippen LogP contribution in [-0.4, -0.2) is 43.2 Å². The molecule has 0 bridgehead atoms. The summed E-state index contributed by atoms with van der Waals surface area (Å²) in [6.45, 7) is 0. The van der Waals surface area contributed by atoms with E-state index in [9.17, 15) is 0 Å². The van der Waals surface area contributed by atoms with Gasteiger partial charge in [0.25, 0.3) is 5.09 Å². The fourth-order valence-electron chi connectivity index (χ4n) is 0. The molecule has 81 valence electrons. The van der Waals surface area contributed by atoms with Crippen LogP contribution in [0.1, 0.15) is 0 Å². The Morgan fingerprint density at radius 3 is 0.909 bits per heavy atom. The van der Waals surface area contributed by atoms with Gasteiger partial charge >= 0.3 is 0 Å². The Morgan fingerprint density at radius 2 is 0.909 bits per heavy atom. The summed E-state index contributed by atoms with van der Waals surface area (Å²) in [5, 5.41) is 13.6. The molecule has 0 heterocycles. The molecule has 13 N–H and O–H groups in total. The van der Waals surface area contributed by atoms with Gasteiger partial charge in [-0.1, -0.05) is 0 Å². The zero-order valence-corrected chi connectivity index (χ0v) is 6.68. The molecule has 0 aliphatic rings. The molecule has 0 aliphatic heterocycles. The third-order valence-electron chi connectivity index (χ3n) is 0. The maximum Gasteiger partial charge on any atom is 0.291 e. The van der Waals surface area contributed by atoms with E-state index in [1.165, 1.54) is 0 Å². The second-order valence-electron chi connectivity index (χ2n) is 0.238. The summed E-state index contributed by atoms with van der Waals surface area (Å²) in [6.07, 6.45) is 0. The molecule has 0 saturated carbocycles. The van der Waals surface area contributed by atoms with E-state index in [0.717, 1.165) is 0 Å². The van der Waals surface area contributed by atoms with Crippen molar-refractivity contribution in [3.63, 3.8) is 0 Å². The van der Waals surface area contributed by atoms with E-state index in [0.29, 0.717) is 0 Å². The van der Waals surface area contributed by atoms with Crippen LogP contribution in [0.25, 0.3) is 0 Å². The van der Waals surface area contributed by atoms with Gasteiger partial charge in [0.15, 0.2) is 0 Å². The predicted molar refractivity (Wildman–Crippen MR) is 30.5 cm³/mol. The Kier molecular flexibility index (Phi) is 1400. The van der Waals surface area contributed by atoms with Crippen LogP contribution in [0.2, 0.25) is 0 Å². The zero-order chi connectivity index (χ0) is 3.58. The minimum absolute atomic E-state index is 0. The topological polar surface area (TPSA) is 252 Å².